The van der Waals surface area contributed by atoms with Gasteiger partial charge in [0.25, 0.3) is 0 Å². The number of rotatable bonds is 2. The van der Waals surface area contributed by atoms with Crippen LogP contribution in [0, 0.1) is 6.92 Å². The van der Waals surface area contributed by atoms with E-state index in [1.165, 1.54) is 20.9 Å². The number of benzene rings is 1. The zero-order valence-electron chi connectivity index (χ0n) is 11.3. The van der Waals surface area contributed by atoms with Crippen LogP contribution in [-0.2, 0) is 5.41 Å². The summed E-state index contributed by atoms with van der Waals surface area (Å²) >= 11 is 5.71. The van der Waals surface area contributed by atoms with Crippen molar-refractivity contribution in [2.75, 3.05) is 0 Å². The molecule has 0 spiro atoms. The predicted molar refractivity (Wildman–Crippen MR) is 85.0 cm³/mol. The minimum absolute atomic E-state index is 0.239. The van der Waals surface area contributed by atoms with E-state index in [1.54, 1.807) is 0 Å². The lowest BCUT2D eigenvalue weighted by Gasteiger charge is -2.15. The number of thiophene rings is 1. The molecule has 0 fully saturated rings. The van der Waals surface area contributed by atoms with Crippen LogP contribution in [0.3, 0.4) is 0 Å². The van der Waals surface area contributed by atoms with Crippen molar-refractivity contribution >= 4 is 27.3 Å². The number of aryl methyl sites for hydroxylation is 1. The molecule has 2 heteroatoms. The molecule has 18 heavy (non-hydrogen) atoms. The molecule has 0 bridgehead atoms. The van der Waals surface area contributed by atoms with Gasteiger partial charge in [0.15, 0.2) is 0 Å². The third kappa shape index (κ3) is 3.04. The highest BCUT2D eigenvalue weighted by Gasteiger charge is 2.19. The van der Waals surface area contributed by atoms with Gasteiger partial charge in [0, 0.05) is 9.75 Å². The second-order valence-corrected chi connectivity index (χ2v) is 7.76. The first-order valence-corrected chi connectivity index (χ1v) is 7.92. The van der Waals surface area contributed by atoms with E-state index in [-0.39, 0.29) is 5.41 Å². The zero-order chi connectivity index (χ0) is 13.3. The van der Waals surface area contributed by atoms with Gasteiger partial charge in [-0.1, -0.05) is 66.5 Å². The van der Waals surface area contributed by atoms with Gasteiger partial charge in [0.2, 0.25) is 0 Å². The number of halogens is 1. The molecule has 1 unspecified atom stereocenters. The molecular weight excluding hydrogens is 304 g/mol. The van der Waals surface area contributed by atoms with Gasteiger partial charge in [-0.3, -0.25) is 0 Å². The molecule has 1 heterocycles. The predicted octanol–water partition coefficient (Wildman–Crippen LogP) is 5.84. The molecule has 0 aliphatic rings. The molecule has 0 aliphatic carbocycles. The average Bonchev–Trinajstić information content (AvgIpc) is 2.78. The topological polar surface area (TPSA) is 0 Å². The zero-order valence-corrected chi connectivity index (χ0v) is 13.7. The molecule has 2 rings (SSSR count). The van der Waals surface area contributed by atoms with Gasteiger partial charge in [-0.2, -0.15) is 0 Å². The summed E-state index contributed by atoms with van der Waals surface area (Å²) in [5.41, 5.74) is 2.87. The van der Waals surface area contributed by atoms with Crippen LogP contribution >= 0.6 is 27.3 Å². The molecule has 0 N–H and O–H groups in total. The molecule has 0 saturated heterocycles. The Balaban J connectivity index is 2.26. The minimum atomic E-state index is 0.239. The van der Waals surface area contributed by atoms with Crippen molar-refractivity contribution in [3.05, 3.63) is 57.3 Å². The standard InChI is InChI=1S/C16H19BrS/c1-11-5-7-12(8-6-11)15(17)13-9-10-14(18-13)16(2,3)4/h5-10,15H,1-4H3. The van der Waals surface area contributed by atoms with Crippen molar-refractivity contribution < 1.29 is 0 Å². The molecular formula is C16H19BrS. The molecule has 2 aromatic rings. The molecule has 1 atom stereocenters. The Labute approximate surface area is 122 Å². The molecule has 1 aromatic heterocycles. The first-order valence-electron chi connectivity index (χ1n) is 6.19. The van der Waals surface area contributed by atoms with Gasteiger partial charge in [0.05, 0.1) is 4.83 Å². The van der Waals surface area contributed by atoms with Crippen LogP contribution in [-0.4, -0.2) is 0 Å². The van der Waals surface area contributed by atoms with E-state index in [0.717, 1.165) is 0 Å². The Morgan fingerprint density at radius 2 is 1.61 bits per heavy atom. The summed E-state index contributed by atoms with van der Waals surface area (Å²) in [4.78, 5) is 3.12. The van der Waals surface area contributed by atoms with Crippen LogP contribution in [0.5, 0.6) is 0 Å². The molecule has 0 amide bonds. The van der Waals surface area contributed by atoms with Crippen LogP contribution in [0.2, 0.25) is 0 Å². The number of hydrogen-bond donors (Lipinski definition) is 0. The van der Waals surface area contributed by atoms with Crippen LogP contribution in [0.25, 0.3) is 0 Å². The van der Waals surface area contributed by atoms with Gasteiger partial charge in [-0.25, -0.2) is 0 Å². The van der Waals surface area contributed by atoms with Gasteiger partial charge in [-0.05, 0) is 30.0 Å². The van der Waals surface area contributed by atoms with Crippen LogP contribution < -0.4 is 0 Å². The smallest absolute Gasteiger partial charge is 0.0738 e. The highest BCUT2D eigenvalue weighted by atomic mass is 79.9. The van der Waals surface area contributed by atoms with Crippen molar-refractivity contribution in [3.63, 3.8) is 0 Å². The lowest BCUT2D eigenvalue weighted by Crippen LogP contribution is -2.07. The Morgan fingerprint density at radius 3 is 2.11 bits per heavy atom. The lowest BCUT2D eigenvalue weighted by atomic mass is 9.95. The Kier molecular flexibility index (Phi) is 3.98. The molecule has 0 aliphatic heterocycles. The second kappa shape index (κ2) is 5.18. The fourth-order valence-electron chi connectivity index (χ4n) is 1.79. The summed E-state index contributed by atoms with van der Waals surface area (Å²) < 4.78 is 0. The third-order valence-corrected chi connectivity index (χ3v) is 5.89. The van der Waals surface area contributed by atoms with Crippen LogP contribution in [0.4, 0.5) is 0 Å². The molecule has 1 aromatic carbocycles. The molecule has 96 valence electrons. The van der Waals surface area contributed by atoms with Gasteiger partial charge in [0.1, 0.15) is 0 Å². The Morgan fingerprint density at radius 1 is 1.00 bits per heavy atom. The van der Waals surface area contributed by atoms with Gasteiger partial charge >= 0.3 is 0 Å². The maximum Gasteiger partial charge on any atom is 0.0738 e. The largest absolute Gasteiger partial charge is 0.143 e. The highest BCUT2D eigenvalue weighted by molar-refractivity contribution is 9.09. The monoisotopic (exact) mass is 322 g/mol. The van der Waals surface area contributed by atoms with Gasteiger partial charge < -0.3 is 0 Å². The van der Waals surface area contributed by atoms with E-state index in [1.807, 2.05) is 11.3 Å². The maximum absolute atomic E-state index is 3.81. The van der Waals surface area contributed by atoms with Crippen molar-refractivity contribution in [2.45, 2.75) is 37.9 Å². The normalized spacial score (nSPS) is 13.6. The van der Waals surface area contributed by atoms with E-state index in [4.69, 9.17) is 0 Å². The number of hydrogen-bond acceptors (Lipinski definition) is 1. The molecule has 0 saturated carbocycles. The fourth-order valence-corrected chi connectivity index (χ4v) is 3.60. The van der Waals surface area contributed by atoms with Crippen molar-refractivity contribution in [1.29, 1.82) is 0 Å². The highest BCUT2D eigenvalue weighted by Crippen LogP contribution is 2.38. The van der Waals surface area contributed by atoms with E-state index < -0.39 is 0 Å². The first kappa shape index (κ1) is 13.8. The summed E-state index contributed by atoms with van der Waals surface area (Å²) in [7, 11) is 0. The quantitative estimate of drug-likeness (QED) is 0.609. The minimum Gasteiger partial charge on any atom is -0.143 e. The van der Waals surface area contributed by atoms with Gasteiger partial charge in [-0.15, -0.1) is 11.3 Å². The van der Waals surface area contributed by atoms with E-state index in [0.29, 0.717) is 4.83 Å². The summed E-state index contributed by atoms with van der Waals surface area (Å²) in [6, 6.07) is 13.2. The summed E-state index contributed by atoms with van der Waals surface area (Å²) in [6.45, 7) is 8.91. The number of alkyl halides is 1. The SMILES string of the molecule is Cc1ccc(C(Br)c2ccc(C(C)(C)C)s2)cc1. The summed E-state index contributed by atoms with van der Waals surface area (Å²) in [5.74, 6) is 0. The molecule has 0 nitrogen and oxygen atoms in total. The van der Waals surface area contributed by atoms with E-state index in [2.05, 4.69) is 80.0 Å². The third-order valence-electron chi connectivity index (χ3n) is 2.99. The van der Waals surface area contributed by atoms with Crippen molar-refractivity contribution in [2.24, 2.45) is 0 Å². The van der Waals surface area contributed by atoms with Crippen molar-refractivity contribution in [1.82, 2.24) is 0 Å². The first-order chi connectivity index (χ1) is 8.38. The average molecular weight is 323 g/mol. The van der Waals surface area contributed by atoms with Crippen LogP contribution in [0.15, 0.2) is 36.4 Å². The van der Waals surface area contributed by atoms with Crippen LogP contribution in [0.1, 0.15) is 46.5 Å². The maximum atomic E-state index is 3.81. The molecule has 0 radical (unpaired) electrons. The second-order valence-electron chi connectivity index (χ2n) is 5.73. The Hall–Kier alpha value is -0.600. The van der Waals surface area contributed by atoms with E-state index in [9.17, 15) is 0 Å². The Bertz CT molecular complexity index is 517. The summed E-state index contributed by atoms with van der Waals surface area (Å²) in [5, 5.41) is 0. The summed E-state index contributed by atoms with van der Waals surface area (Å²) in [6.07, 6.45) is 0. The fraction of sp³-hybridized carbons (Fsp3) is 0.375. The lowest BCUT2D eigenvalue weighted by molar-refractivity contribution is 0.604. The van der Waals surface area contributed by atoms with E-state index >= 15 is 0 Å². The van der Waals surface area contributed by atoms with Crippen molar-refractivity contribution in [3.8, 4) is 0 Å².